The summed E-state index contributed by atoms with van der Waals surface area (Å²) >= 11 is 0. The van der Waals surface area contributed by atoms with Crippen molar-refractivity contribution < 1.29 is 9.53 Å². The molecule has 1 heterocycles. The van der Waals surface area contributed by atoms with E-state index in [1.165, 1.54) is 12.8 Å². The minimum absolute atomic E-state index is 0.149. The van der Waals surface area contributed by atoms with Gasteiger partial charge in [-0.15, -0.1) is 0 Å². The first-order valence-electron chi connectivity index (χ1n) is 7.89. The van der Waals surface area contributed by atoms with E-state index in [0.717, 1.165) is 25.0 Å². The third-order valence-corrected chi connectivity index (χ3v) is 4.31. The molecule has 0 spiro atoms. The number of nitrogens with zero attached hydrogens (tertiary/aromatic N) is 1. The molecule has 2 N–H and O–H groups in total. The van der Waals surface area contributed by atoms with Crippen LogP contribution in [0.25, 0.3) is 0 Å². The fourth-order valence-electron chi connectivity index (χ4n) is 2.93. The topological polar surface area (TPSA) is 74.2 Å². The summed E-state index contributed by atoms with van der Waals surface area (Å²) < 4.78 is 5.77. The molecule has 1 saturated heterocycles. The normalized spacial score (nSPS) is 24.3. The minimum atomic E-state index is -0.149. The molecule has 116 valence electrons. The van der Waals surface area contributed by atoms with Crippen LogP contribution >= 0.6 is 0 Å². The number of nitrogens with one attached hydrogen (secondary N) is 2. The van der Waals surface area contributed by atoms with E-state index in [1.807, 2.05) is 12.1 Å². The van der Waals surface area contributed by atoms with E-state index in [2.05, 4.69) is 16.7 Å². The zero-order valence-corrected chi connectivity index (χ0v) is 12.5. The lowest BCUT2D eigenvalue weighted by Crippen LogP contribution is -2.46. The van der Waals surface area contributed by atoms with Crippen molar-refractivity contribution >= 4 is 6.03 Å². The molecule has 1 aromatic carbocycles. The van der Waals surface area contributed by atoms with Gasteiger partial charge >= 0.3 is 6.03 Å². The molecule has 5 nitrogen and oxygen atoms in total. The molecule has 0 unspecified atom stereocenters. The predicted molar refractivity (Wildman–Crippen MR) is 82.0 cm³/mol. The Morgan fingerprint density at radius 1 is 1.36 bits per heavy atom. The highest BCUT2D eigenvalue weighted by atomic mass is 16.5. The van der Waals surface area contributed by atoms with Crippen LogP contribution in [0.4, 0.5) is 4.79 Å². The van der Waals surface area contributed by atoms with E-state index in [-0.39, 0.29) is 12.1 Å². The van der Waals surface area contributed by atoms with Gasteiger partial charge in [0.15, 0.2) is 0 Å². The molecular formula is C17H21N3O2. The van der Waals surface area contributed by atoms with E-state index < -0.39 is 0 Å². The molecule has 0 aromatic heterocycles. The highest BCUT2D eigenvalue weighted by molar-refractivity contribution is 5.74. The Morgan fingerprint density at radius 3 is 3.00 bits per heavy atom. The van der Waals surface area contributed by atoms with Crippen LogP contribution in [-0.4, -0.2) is 24.8 Å². The minimum Gasteiger partial charge on any atom is -0.378 e. The van der Waals surface area contributed by atoms with Gasteiger partial charge < -0.3 is 15.4 Å². The van der Waals surface area contributed by atoms with Crippen LogP contribution in [0.2, 0.25) is 0 Å². The Hall–Kier alpha value is -2.06. The lowest BCUT2D eigenvalue weighted by Gasteiger charge is -2.30. The smallest absolute Gasteiger partial charge is 0.315 e. The van der Waals surface area contributed by atoms with Crippen LogP contribution in [0.1, 0.15) is 36.8 Å². The number of hydrogen-bond donors (Lipinski definition) is 2. The third-order valence-electron chi connectivity index (χ3n) is 4.31. The zero-order chi connectivity index (χ0) is 15.4. The first kappa shape index (κ1) is 14.9. The summed E-state index contributed by atoms with van der Waals surface area (Å²) in [5.74, 6) is 0.710. The largest absolute Gasteiger partial charge is 0.378 e. The Morgan fingerprint density at radius 2 is 2.23 bits per heavy atom. The van der Waals surface area contributed by atoms with Gasteiger partial charge in [0.05, 0.1) is 17.7 Å². The molecule has 1 saturated carbocycles. The first-order valence-corrected chi connectivity index (χ1v) is 7.89. The summed E-state index contributed by atoms with van der Waals surface area (Å²) in [6, 6.07) is 9.42. The Kier molecular flexibility index (Phi) is 4.59. The van der Waals surface area contributed by atoms with Crippen molar-refractivity contribution in [3.63, 3.8) is 0 Å². The van der Waals surface area contributed by atoms with Crippen molar-refractivity contribution in [2.24, 2.45) is 5.92 Å². The van der Waals surface area contributed by atoms with Gasteiger partial charge in [0.25, 0.3) is 0 Å². The highest BCUT2D eigenvalue weighted by Crippen LogP contribution is 2.38. The summed E-state index contributed by atoms with van der Waals surface area (Å²) in [5.41, 5.74) is 1.54. The van der Waals surface area contributed by atoms with Crippen molar-refractivity contribution in [1.82, 2.24) is 10.6 Å². The molecule has 3 rings (SSSR count). The molecule has 1 aromatic rings. The average molecular weight is 299 g/mol. The summed E-state index contributed by atoms with van der Waals surface area (Å²) in [6.45, 7) is 1.16. The molecule has 0 radical (unpaired) electrons. The number of benzene rings is 1. The number of carbonyl (C=O) groups excluding carboxylic acids is 1. The maximum Gasteiger partial charge on any atom is 0.315 e. The molecule has 2 fully saturated rings. The van der Waals surface area contributed by atoms with Gasteiger partial charge in [-0.25, -0.2) is 4.79 Å². The second kappa shape index (κ2) is 6.80. The van der Waals surface area contributed by atoms with Gasteiger partial charge in [-0.05, 0) is 49.3 Å². The molecule has 1 aliphatic carbocycles. The van der Waals surface area contributed by atoms with E-state index >= 15 is 0 Å². The first-order chi connectivity index (χ1) is 10.7. The standard InChI is InChI=1S/C17H21N3O2/c18-10-12-2-1-3-13(8-12)11-19-17(21)20-15-6-7-22-16(9-15)14-4-5-14/h1-3,8,14-16H,4-7,9,11H2,(H2,19,20,21)/t15-,16-/m0/s1. The van der Waals surface area contributed by atoms with E-state index in [9.17, 15) is 4.79 Å². The third kappa shape index (κ3) is 3.99. The van der Waals surface area contributed by atoms with Crippen molar-refractivity contribution in [3.05, 3.63) is 35.4 Å². The van der Waals surface area contributed by atoms with Crippen molar-refractivity contribution in [3.8, 4) is 6.07 Å². The Labute approximate surface area is 130 Å². The Bertz CT molecular complexity index is 578. The van der Waals surface area contributed by atoms with Gasteiger partial charge in [0.1, 0.15) is 0 Å². The zero-order valence-electron chi connectivity index (χ0n) is 12.5. The Balaban J connectivity index is 1.44. The summed E-state index contributed by atoms with van der Waals surface area (Å²) in [4.78, 5) is 12.0. The molecule has 0 bridgehead atoms. The van der Waals surface area contributed by atoms with Crippen LogP contribution in [0, 0.1) is 17.2 Å². The van der Waals surface area contributed by atoms with E-state index in [4.69, 9.17) is 10.00 Å². The van der Waals surface area contributed by atoms with Crippen LogP contribution in [0.15, 0.2) is 24.3 Å². The van der Waals surface area contributed by atoms with E-state index in [0.29, 0.717) is 24.1 Å². The molecule has 22 heavy (non-hydrogen) atoms. The van der Waals surface area contributed by atoms with Crippen LogP contribution in [-0.2, 0) is 11.3 Å². The number of ether oxygens (including phenoxy) is 1. The molecule has 2 atom stereocenters. The molecule has 5 heteroatoms. The SMILES string of the molecule is N#Cc1cccc(CNC(=O)N[C@H]2CCO[C@H](C3CC3)C2)c1. The molecule has 1 aliphatic heterocycles. The van der Waals surface area contributed by atoms with Crippen molar-refractivity contribution in [1.29, 1.82) is 5.26 Å². The number of carbonyl (C=O) groups is 1. The van der Waals surface area contributed by atoms with Gasteiger partial charge in [-0.3, -0.25) is 0 Å². The monoisotopic (exact) mass is 299 g/mol. The molecule has 2 aliphatic rings. The number of nitriles is 1. The fourth-order valence-corrected chi connectivity index (χ4v) is 2.93. The van der Waals surface area contributed by atoms with Gasteiger partial charge in [0.2, 0.25) is 0 Å². The highest BCUT2D eigenvalue weighted by Gasteiger charge is 2.36. The summed E-state index contributed by atoms with van der Waals surface area (Å²) in [5, 5.41) is 14.8. The van der Waals surface area contributed by atoms with Crippen LogP contribution in [0.5, 0.6) is 0 Å². The molecular weight excluding hydrogens is 278 g/mol. The second-order valence-electron chi connectivity index (χ2n) is 6.11. The quantitative estimate of drug-likeness (QED) is 0.896. The van der Waals surface area contributed by atoms with Crippen molar-refractivity contribution in [2.45, 2.75) is 44.4 Å². The molecule has 2 amide bonds. The number of urea groups is 1. The van der Waals surface area contributed by atoms with E-state index in [1.54, 1.807) is 12.1 Å². The van der Waals surface area contributed by atoms with Gasteiger partial charge in [0, 0.05) is 19.2 Å². The number of rotatable bonds is 4. The van der Waals surface area contributed by atoms with Crippen molar-refractivity contribution in [2.75, 3.05) is 6.61 Å². The van der Waals surface area contributed by atoms with Gasteiger partial charge in [-0.1, -0.05) is 12.1 Å². The summed E-state index contributed by atoms with van der Waals surface area (Å²) in [6.07, 6.45) is 4.64. The lowest BCUT2D eigenvalue weighted by atomic mass is 10.0. The average Bonchev–Trinajstić information content (AvgIpc) is 3.38. The second-order valence-corrected chi connectivity index (χ2v) is 6.11. The maximum absolute atomic E-state index is 12.0. The number of amides is 2. The lowest BCUT2D eigenvalue weighted by molar-refractivity contribution is -0.00914. The maximum atomic E-state index is 12.0. The van der Waals surface area contributed by atoms with Crippen LogP contribution < -0.4 is 10.6 Å². The number of hydrogen-bond acceptors (Lipinski definition) is 3. The van der Waals surface area contributed by atoms with Gasteiger partial charge in [-0.2, -0.15) is 5.26 Å². The predicted octanol–water partition coefficient (Wildman–Crippen LogP) is 2.32. The fraction of sp³-hybridized carbons (Fsp3) is 0.529. The summed E-state index contributed by atoms with van der Waals surface area (Å²) in [7, 11) is 0. The van der Waals surface area contributed by atoms with Crippen LogP contribution in [0.3, 0.4) is 0 Å².